The zero-order chi connectivity index (χ0) is 17.2. The molecule has 1 aliphatic carbocycles. The first kappa shape index (κ1) is 16.0. The molecule has 4 rings (SSSR count). The largest absolute Gasteiger partial charge is 0.329 e. The predicted octanol–water partition coefficient (Wildman–Crippen LogP) is 3.94. The van der Waals surface area contributed by atoms with E-state index in [2.05, 4.69) is 4.98 Å². The van der Waals surface area contributed by atoms with Gasteiger partial charge in [0.2, 0.25) is 0 Å². The minimum absolute atomic E-state index is 0.0674. The van der Waals surface area contributed by atoms with Crippen molar-refractivity contribution < 1.29 is 9.18 Å². The van der Waals surface area contributed by atoms with E-state index in [0.29, 0.717) is 19.1 Å². The highest BCUT2D eigenvalue weighted by Crippen LogP contribution is 2.30. The molecule has 128 valence electrons. The lowest BCUT2D eigenvalue weighted by Gasteiger charge is -2.22. The molecule has 0 saturated heterocycles. The Morgan fingerprint density at radius 1 is 1.32 bits per heavy atom. The van der Waals surface area contributed by atoms with E-state index in [9.17, 15) is 9.18 Å². The Balaban J connectivity index is 1.54. The fourth-order valence-corrected chi connectivity index (χ4v) is 3.59. The molecule has 0 bridgehead atoms. The number of carbonyl (C=O) groups is 1. The van der Waals surface area contributed by atoms with Gasteiger partial charge < -0.3 is 9.47 Å². The number of amides is 1. The third kappa shape index (κ3) is 3.64. The lowest BCUT2D eigenvalue weighted by atomic mass is 10.2. The molecule has 0 N–H and O–H groups in total. The topological polar surface area (TPSA) is 38.1 Å². The Bertz CT molecular complexity index is 870. The molecule has 3 aromatic rings. The maximum absolute atomic E-state index is 13.4. The number of hydrogen-bond acceptors (Lipinski definition) is 3. The zero-order valence-electron chi connectivity index (χ0n) is 13.6. The average molecular weight is 355 g/mol. The van der Waals surface area contributed by atoms with E-state index in [-0.39, 0.29) is 11.7 Å². The van der Waals surface area contributed by atoms with Crippen molar-refractivity contribution in [2.75, 3.05) is 0 Å². The van der Waals surface area contributed by atoms with Crippen LogP contribution in [0.3, 0.4) is 0 Å². The molecule has 1 aromatic carbocycles. The average Bonchev–Trinajstić information content (AvgIpc) is 3.11. The summed E-state index contributed by atoms with van der Waals surface area (Å²) in [5.41, 5.74) is 0.877. The van der Waals surface area contributed by atoms with Gasteiger partial charge in [-0.1, -0.05) is 18.2 Å². The van der Waals surface area contributed by atoms with Crippen LogP contribution in [0.25, 0.3) is 0 Å². The molecule has 2 aromatic heterocycles. The van der Waals surface area contributed by atoms with Crippen LogP contribution in [-0.4, -0.2) is 26.4 Å². The van der Waals surface area contributed by atoms with Crippen LogP contribution in [0.1, 0.15) is 33.9 Å². The molecule has 1 aliphatic rings. The van der Waals surface area contributed by atoms with Gasteiger partial charge in [0.05, 0.1) is 11.4 Å². The second kappa shape index (κ2) is 6.80. The van der Waals surface area contributed by atoms with Crippen LogP contribution in [0.15, 0.2) is 54.2 Å². The Morgan fingerprint density at radius 2 is 2.20 bits per heavy atom. The van der Waals surface area contributed by atoms with Crippen molar-refractivity contribution in [3.05, 3.63) is 76.3 Å². The number of benzene rings is 1. The quantitative estimate of drug-likeness (QED) is 0.672. The SMILES string of the molecule is O=C(c1cccs1)N(Cc1nccn1Cc1cccc(F)c1)C1CC1. The third-order valence-electron chi connectivity index (χ3n) is 4.34. The van der Waals surface area contributed by atoms with E-state index in [4.69, 9.17) is 0 Å². The van der Waals surface area contributed by atoms with Gasteiger partial charge >= 0.3 is 0 Å². The maximum Gasteiger partial charge on any atom is 0.264 e. The van der Waals surface area contributed by atoms with Crippen molar-refractivity contribution in [3.8, 4) is 0 Å². The van der Waals surface area contributed by atoms with E-state index in [1.807, 2.05) is 39.2 Å². The van der Waals surface area contributed by atoms with Gasteiger partial charge in [0.15, 0.2) is 0 Å². The van der Waals surface area contributed by atoms with Crippen molar-refractivity contribution in [2.45, 2.75) is 32.0 Å². The van der Waals surface area contributed by atoms with Crippen molar-refractivity contribution in [1.82, 2.24) is 14.5 Å². The van der Waals surface area contributed by atoms with Gasteiger partial charge in [0.25, 0.3) is 5.91 Å². The Kier molecular flexibility index (Phi) is 4.36. The van der Waals surface area contributed by atoms with Crippen LogP contribution >= 0.6 is 11.3 Å². The summed E-state index contributed by atoms with van der Waals surface area (Å²) in [5, 5.41) is 1.92. The van der Waals surface area contributed by atoms with Gasteiger partial charge in [-0.2, -0.15) is 0 Å². The van der Waals surface area contributed by atoms with Crippen LogP contribution in [0.4, 0.5) is 4.39 Å². The standard InChI is InChI=1S/C19H18FN3OS/c20-15-4-1-3-14(11-15)12-22-9-8-21-18(22)13-23(16-6-7-16)19(24)17-5-2-10-25-17/h1-5,8-11,16H,6-7,12-13H2. The normalized spacial score (nSPS) is 13.8. The molecule has 4 nitrogen and oxygen atoms in total. The number of imidazole rings is 1. The van der Waals surface area contributed by atoms with Crippen molar-refractivity contribution >= 4 is 17.2 Å². The summed E-state index contributed by atoms with van der Waals surface area (Å²) in [6, 6.07) is 10.6. The van der Waals surface area contributed by atoms with Gasteiger partial charge in [0, 0.05) is 25.0 Å². The highest BCUT2D eigenvalue weighted by atomic mass is 32.1. The highest BCUT2D eigenvalue weighted by Gasteiger charge is 2.34. The van der Waals surface area contributed by atoms with Crippen LogP contribution in [0.5, 0.6) is 0 Å². The molecular formula is C19H18FN3OS. The summed E-state index contributed by atoms with van der Waals surface area (Å²) < 4.78 is 15.4. The lowest BCUT2D eigenvalue weighted by molar-refractivity contribution is 0.0728. The zero-order valence-corrected chi connectivity index (χ0v) is 14.5. The first-order chi connectivity index (χ1) is 12.2. The van der Waals surface area contributed by atoms with Gasteiger partial charge in [-0.05, 0) is 42.0 Å². The minimum atomic E-state index is -0.244. The number of hydrogen-bond donors (Lipinski definition) is 0. The van der Waals surface area contributed by atoms with E-state index in [0.717, 1.165) is 29.1 Å². The number of rotatable bonds is 6. The molecule has 25 heavy (non-hydrogen) atoms. The van der Waals surface area contributed by atoms with Crippen LogP contribution in [0, 0.1) is 5.82 Å². The summed E-state index contributed by atoms with van der Waals surface area (Å²) >= 11 is 1.47. The fourth-order valence-electron chi connectivity index (χ4n) is 2.91. The van der Waals surface area contributed by atoms with Crippen LogP contribution in [-0.2, 0) is 13.1 Å². The summed E-state index contributed by atoms with van der Waals surface area (Å²) in [6.45, 7) is 1.02. The summed E-state index contributed by atoms with van der Waals surface area (Å²) in [4.78, 5) is 19.9. The molecule has 1 fully saturated rings. The summed E-state index contributed by atoms with van der Waals surface area (Å²) in [7, 11) is 0. The van der Waals surface area contributed by atoms with Gasteiger partial charge in [-0.25, -0.2) is 9.37 Å². The summed E-state index contributed by atoms with van der Waals surface area (Å²) in [5.74, 6) is 0.644. The second-order valence-electron chi connectivity index (χ2n) is 6.24. The molecule has 2 heterocycles. The molecule has 6 heteroatoms. The Hall–Kier alpha value is -2.47. The molecule has 0 spiro atoms. The molecule has 0 aliphatic heterocycles. The first-order valence-electron chi connectivity index (χ1n) is 8.29. The number of carbonyl (C=O) groups excluding carboxylic acids is 1. The number of thiophene rings is 1. The van der Waals surface area contributed by atoms with Crippen LogP contribution < -0.4 is 0 Å². The van der Waals surface area contributed by atoms with E-state index in [1.54, 1.807) is 12.3 Å². The molecule has 0 atom stereocenters. The van der Waals surface area contributed by atoms with Crippen molar-refractivity contribution in [2.24, 2.45) is 0 Å². The van der Waals surface area contributed by atoms with Gasteiger partial charge in [-0.15, -0.1) is 11.3 Å². The smallest absolute Gasteiger partial charge is 0.264 e. The highest BCUT2D eigenvalue weighted by molar-refractivity contribution is 7.12. The molecule has 1 amide bonds. The van der Waals surface area contributed by atoms with Crippen LogP contribution in [0.2, 0.25) is 0 Å². The first-order valence-corrected chi connectivity index (χ1v) is 9.17. The monoisotopic (exact) mass is 355 g/mol. The lowest BCUT2D eigenvalue weighted by Crippen LogP contribution is -2.33. The molecule has 0 unspecified atom stereocenters. The Labute approximate surface area is 149 Å². The van der Waals surface area contributed by atoms with E-state index in [1.165, 1.54) is 23.5 Å². The number of nitrogens with zero attached hydrogens (tertiary/aromatic N) is 3. The fraction of sp³-hybridized carbons (Fsp3) is 0.263. The molecular weight excluding hydrogens is 337 g/mol. The van der Waals surface area contributed by atoms with Crippen molar-refractivity contribution in [1.29, 1.82) is 0 Å². The van der Waals surface area contributed by atoms with Gasteiger partial charge in [-0.3, -0.25) is 4.79 Å². The molecule has 1 saturated carbocycles. The predicted molar refractivity (Wildman–Crippen MR) is 94.9 cm³/mol. The summed E-state index contributed by atoms with van der Waals surface area (Å²) in [6.07, 6.45) is 5.69. The van der Waals surface area contributed by atoms with E-state index >= 15 is 0 Å². The third-order valence-corrected chi connectivity index (χ3v) is 5.19. The Morgan fingerprint density at radius 3 is 2.92 bits per heavy atom. The second-order valence-corrected chi connectivity index (χ2v) is 7.19. The van der Waals surface area contributed by atoms with Crippen molar-refractivity contribution in [3.63, 3.8) is 0 Å². The van der Waals surface area contributed by atoms with Gasteiger partial charge in [0.1, 0.15) is 11.6 Å². The maximum atomic E-state index is 13.4. The number of aromatic nitrogens is 2. The molecule has 0 radical (unpaired) electrons. The van der Waals surface area contributed by atoms with E-state index < -0.39 is 0 Å². The number of halogens is 1. The minimum Gasteiger partial charge on any atom is -0.329 e.